The molecule has 2 heterocycles. The molecular weight excluding hydrogens is 304 g/mol. The third-order valence-electron chi connectivity index (χ3n) is 3.02. The largest absolute Gasteiger partial charge is 0.354 e. The normalized spacial score (nSPS) is 11.1. The summed E-state index contributed by atoms with van der Waals surface area (Å²) in [6, 6.07) is 3.86. The minimum Gasteiger partial charge on any atom is -0.354 e. The van der Waals surface area contributed by atoms with Gasteiger partial charge in [-0.15, -0.1) is 11.3 Å². The first-order valence-corrected chi connectivity index (χ1v) is 8.32. The van der Waals surface area contributed by atoms with Gasteiger partial charge in [0.05, 0.1) is 28.5 Å². The predicted molar refractivity (Wildman–Crippen MR) is 90.0 cm³/mol. The fraction of sp³-hybridized carbons (Fsp3) is 0.467. The van der Waals surface area contributed by atoms with Crippen LogP contribution in [0.25, 0.3) is 0 Å². The van der Waals surface area contributed by atoms with Crippen molar-refractivity contribution in [1.82, 2.24) is 15.3 Å². The first-order valence-electron chi connectivity index (χ1n) is 7.00. The Hall–Kier alpha value is -1.17. The van der Waals surface area contributed by atoms with Crippen molar-refractivity contribution >= 4 is 28.8 Å². The van der Waals surface area contributed by atoms with Crippen molar-refractivity contribution in [1.29, 1.82) is 0 Å². The summed E-state index contributed by atoms with van der Waals surface area (Å²) < 4.78 is 0. The summed E-state index contributed by atoms with van der Waals surface area (Å²) in [4.78, 5) is 11.0. The van der Waals surface area contributed by atoms with Crippen LogP contribution < -0.4 is 10.2 Å². The van der Waals surface area contributed by atoms with E-state index in [9.17, 15) is 0 Å². The molecule has 0 aliphatic carbocycles. The van der Waals surface area contributed by atoms with E-state index in [1.807, 2.05) is 24.7 Å². The van der Waals surface area contributed by atoms with Gasteiger partial charge in [-0.2, -0.15) is 0 Å². The Morgan fingerprint density at radius 3 is 2.86 bits per heavy atom. The molecule has 4 nitrogen and oxygen atoms in total. The van der Waals surface area contributed by atoms with E-state index in [4.69, 9.17) is 11.6 Å². The molecule has 0 spiro atoms. The molecule has 21 heavy (non-hydrogen) atoms. The molecule has 1 N–H and O–H groups in total. The van der Waals surface area contributed by atoms with Crippen LogP contribution in [0.4, 0.5) is 5.82 Å². The van der Waals surface area contributed by atoms with Gasteiger partial charge in [-0.1, -0.05) is 25.4 Å². The molecule has 0 saturated heterocycles. The molecular formula is C15H21ClN4S. The molecule has 0 atom stereocenters. The van der Waals surface area contributed by atoms with E-state index >= 15 is 0 Å². The maximum absolute atomic E-state index is 6.23. The van der Waals surface area contributed by atoms with Crippen molar-refractivity contribution in [3.05, 3.63) is 39.4 Å². The molecule has 6 heteroatoms. The van der Waals surface area contributed by atoms with E-state index < -0.39 is 0 Å². The molecule has 0 bridgehead atoms. The molecule has 2 aromatic rings. The fourth-order valence-electron chi connectivity index (χ4n) is 1.93. The minimum atomic E-state index is 0.610. The van der Waals surface area contributed by atoms with Gasteiger partial charge in [0.25, 0.3) is 0 Å². The molecule has 2 rings (SSSR count). The average Bonchev–Trinajstić information content (AvgIpc) is 2.93. The molecule has 0 amide bonds. The SMILES string of the molecule is CC(C)CNCc1nc(N(C)Cc2cscn2)ccc1Cl. The van der Waals surface area contributed by atoms with E-state index in [2.05, 4.69) is 39.4 Å². The van der Waals surface area contributed by atoms with E-state index in [1.165, 1.54) is 0 Å². The van der Waals surface area contributed by atoms with Gasteiger partial charge in [0.2, 0.25) is 0 Å². The molecule has 0 aromatic carbocycles. The summed E-state index contributed by atoms with van der Waals surface area (Å²) in [6.07, 6.45) is 0. The molecule has 0 saturated carbocycles. The van der Waals surface area contributed by atoms with E-state index in [0.29, 0.717) is 17.5 Å². The zero-order chi connectivity index (χ0) is 15.2. The third-order valence-corrected chi connectivity index (χ3v) is 4.00. The highest BCUT2D eigenvalue weighted by molar-refractivity contribution is 7.07. The highest BCUT2D eigenvalue weighted by atomic mass is 35.5. The van der Waals surface area contributed by atoms with Crippen molar-refractivity contribution in [3.8, 4) is 0 Å². The Kier molecular flexibility index (Phi) is 5.96. The maximum Gasteiger partial charge on any atom is 0.129 e. The summed E-state index contributed by atoms with van der Waals surface area (Å²) in [5.74, 6) is 1.52. The summed E-state index contributed by atoms with van der Waals surface area (Å²) in [7, 11) is 2.01. The lowest BCUT2D eigenvalue weighted by Gasteiger charge is -2.18. The summed E-state index contributed by atoms with van der Waals surface area (Å²) in [5, 5.41) is 6.14. The molecule has 0 aliphatic heterocycles. The van der Waals surface area contributed by atoms with Crippen LogP contribution in [0.15, 0.2) is 23.0 Å². The standard InChI is InChI=1S/C15H21ClN4S/c1-11(2)6-17-7-14-13(16)4-5-15(19-14)20(3)8-12-9-21-10-18-12/h4-5,9-11,17H,6-8H2,1-3H3. The van der Waals surface area contributed by atoms with Crippen molar-refractivity contribution < 1.29 is 0 Å². The molecule has 0 fully saturated rings. The maximum atomic E-state index is 6.23. The van der Waals surface area contributed by atoms with Crippen LogP contribution in [0.1, 0.15) is 25.2 Å². The summed E-state index contributed by atoms with van der Waals surface area (Å²) >= 11 is 7.83. The topological polar surface area (TPSA) is 41.1 Å². The Morgan fingerprint density at radius 1 is 1.38 bits per heavy atom. The Bertz CT molecular complexity index is 557. The molecule has 114 valence electrons. The number of nitrogens with one attached hydrogen (secondary N) is 1. The van der Waals surface area contributed by atoms with Crippen molar-refractivity contribution in [2.24, 2.45) is 5.92 Å². The third kappa shape index (κ3) is 4.95. The van der Waals surface area contributed by atoms with Crippen LogP contribution in [-0.2, 0) is 13.1 Å². The predicted octanol–water partition coefficient (Wildman–Crippen LogP) is 3.57. The van der Waals surface area contributed by atoms with Crippen molar-refractivity contribution in [3.63, 3.8) is 0 Å². The molecule has 0 radical (unpaired) electrons. The highest BCUT2D eigenvalue weighted by Gasteiger charge is 2.09. The first-order chi connectivity index (χ1) is 10.1. The number of hydrogen-bond donors (Lipinski definition) is 1. The van der Waals surface area contributed by atoms with E-state index in [-0.39, 0.29) is 0 Å². The van der Waals surface area contributed by atoms with E-state index in [0.717, 1.165) is 30.3 Å². The number of halogens is 1. The minimum absolute atomic E-state index is 0.610. The zero-order valence-corrected chi connectivity index (χ0v) is 14.2. The van der Waals surface area contributed by atoms with E-state index in [1.54, 1.807) is 11.3 Å². The Labute approximate surface area is 135 Å². The van der Waals surface area contributed by atoms with Gasteiger partial charge < -0.3 is 10.2 Å². The van der Waals surface area contributed by atoms with Gasteiger partial charge in [-0.05, 0) is 24.6 Å². The molecule has 0 unspecified atom stereocenters. The molecule has 2 aromatic heterocycles. The Balaban J connectivity index is 2.03. The lowest BCUT2D eigenvalue weighted by molar-refractivity contribution is 0.548. The Morgan fingerprint density at radius 2 is 2.19 bits per heavy atom. The zero-order valence-electron chi connectivity index (χ0n) is 12.6. The number of nitrogens with zero attached hydrogens (tertiary/aromatic N) is 3. The summed E-state index contributed by atoms with van der Waals surface area (Å²) in [6.45, 7) is 6.75. The van der Waals surface area contributed by atoms with Crippen molar-refractivity contribution in [2.45, 2.75) is 26.9 Å². The number of anilines is 1. The highest BCUT2D eigenvalue weighted by Crippen LogP contribution is 2.20. The monoisotopic (exact) mass is 324 g/mol. The smallest absolute Gasteiger partial charge is 0.129 e. The van der Waals surface area contributed by atoms with Crippen LogP contribution in [0.3, 0.4) is 0 Å². The number of rotatable bonds is 7. The number of aromatic nitrogens is 2. The van der Waals surface area contributed by atoms with Crippen LogP contribution in [0, 0.1) is 5.92 Å². The van der Waals surface area contributed by atoms with Crippen molar-refractivity contribution in [2.75, 3.05) is 18.5 Å². The van der Waals surface area contributed by atoms with Gasteiger partial charge in [-0.25, -0.2) is 9.97 Å². The van der Waals surface area contributed by atoms with Crippen LogP contribution in [0.5, 0.6) is 0 Å². The van der Waals surface area contributed by atoms with Gasteiger partial charge >= 0.3 is 0 Å². The quantitative estimate of drug-likeness (QED) is 0.845. The van der Waals surface area contributed by atoms with Crippen LogP contribution in [-0.4, -0.2) is 23.6 Å². The fourth-order valence-corrected chi connectivity index (χ4v) is 2.65. The lowest BCUT2D eigenvalue weighted by atomic mass is 10.2. The average molecular weight is 325 g/mol. The lowest BCUT2D eigenvalue weighted by Crippen LogP contribution is -2.22. The van der Waals surface area contributed by atoms with Gasteiger partial charge in [0.1, 0.15) is 5.82 Å². The molecule has 0 aliphatic rings. The second kappa shape index (κ2) is 7.73. The second-order valence-electron chi connectivity index (χ2n) is 5.46. The van der Waals surface area contributed by atoms with Crippen LogP contribution in [0.2, 0.25) is 5.02 Å². The second-order valence-corrected chi connectivity index (χ2v) is 6.58. The van der Waals surface area contributed by atoms with Gasteiger partial charge in [0, 0.05) is 19.0 Å². The number of pyridine rings is 1. The number of hydrogen-bond acceptors (Lipinski definition) is 5. The summed E-state index contributed by atoms with van der Waals surface area (Å²) in [5.41, 5.74) is 3.79. The van der Waals surface area contributed by atoms with Gasteiger partial charge in [-0.3, -0.25) is 0 Å². The van der Waals surface area contributed by atoms with Gasteiger partial charge in [0.15, 0.2) is 0 Å². The number of thiazole rings is 1. The van der Waals surface area contributed by atoms with Crippen LogP contribution >= 0.6 is 22.9 Å². The first kappa shape index (κ1) is 16.2.